The van der Waals surface area contributed by atoms with Crippen molar-refractivity contribution in [2.24, 2.45) is 5.92 Å². The Morgan fingerprint density at radius 2 is 1.96 bits per heavy atom. The molecule has 1 saturated heterocycles. The molecule has 1 aromatic rings. The lowest BCUT2D eigenvalue weighted by Gasteiger charge is -2.34. The second-order valence-corrected chi connectivity index (χ2v) is 8.51. The number of nitrogens with zero attached hydrogens (tertiary/aromatic N) is 2. The van der Waals surface area contributed by atoms with Gasteiger partial charge in [-0.2, -0.15) is 0 Å². The predicted octanol–water partition coefficient (Wildman–Crippen LogP) is 3.23. The highest BCUT2D eigenvalue weighted by molar-refractivity contribution is 6.30. The zero-order chi connectivity index (χ0) is 19.4. The summed E-state index contributed by atoms with van der Waals surface area (Å²) in [7, 11) is 1.81. The number of halogens is 1. The first-order valence-electron chi connectivity index (χ1n) is 9.86. The zero-order valence-electron chi connectivity index (χ0n) is 16.0. The summed E-state index contributed by atoms with van der Waals surface area (Å²) in [5, 5.41) is 11.2. The van der Waals surface area contributed by atoms with Gasteiger partial charge in [-0.1, -0.05) is 36.6 Å². The molecule has 0 aromatic heterocycles. The number of aliphatic hydroxyl groups is 1. The quantitative estimate of drug-likeness (QED) is 0.808. The fraction of sp³-hybridized carbons (Fsp3) is 0.619. The van der Waals surface area contributed by atoms with E-state index >= 15 is 0 Å². The maximum absolute atomic E-state index is 12.8. The van der Waals surface area contributed by atoms with Gasteiger partial charge in [-0.15, -0.1) is 0 Å². The van der Waals surface area contributed by atoms with Crippen LogP contribution < -0.4 is 0 Å². The lowest BCUT2D eigenvalue weighted by molar-refractivity contribution is -0.143. The summed E-state index contributed by atoms with van der Waals surface area (Å²) in [6.07, 6.45) is 5.45. The number of carbonyl (C=O) groups is 2. The highest BCUT2D eigenvalue weighted by Gasteiger charge is 2.34. The molecule has 1 N–H and O–H groups in total. The molecule has 1 saturated carbocycles. The van der Waals surface area contributed by atoms with Gasteiger partial charge in [0.2, 0.25) is 11.8 Å². The van der Waals surface area contributed by atoms with Crippen molar-refractivity contribution in [3.05, 3.63) is 34.9 Å². The van der Waals surface area contributed by atoms with Crippen LogP contribution in [0.25, 0.3) is 0 Å². The van der Waals surface area contributed by atoms with E-state index in [1.54, 1.807) is 16.8 Å². The van der Waals surface area contributed by atoms with Gasteiger partial charge in [-0.3, -0.25) is 9.59 Å². The summed E-state index contributed by atoms with van der Waals surface area (Å²) in [6.45, 7) is 1.52. The van der Waals surface area contributed by atoms with Crippen LogP contribution >= 0.6 is 11.6 Å². The average molecular weight is 393 g/mol. The van der Waals surface area contributed by atoms with Crippen molar-refractivity contribution < 1.29 is 14.7 Å². The van der Waals surface area contributed by atoms with Crippen LogP contribution in [0.3, 0.4) is 0 Å². The number of piperidine rings is 1. The number of amides is 2. The number of hydrogen-bond donors (Lipinski definition) is 1. The second-order valence-electron chi connectivity index (χ2n) is 8.08. The molecule has 0 spiro atoms. The van der Waals surface area contributed by atoms with E-state index in [4.69, 9.17) is 11.6 Å². The predicted molar refractivity (Wildman–Crippen MR) is 105 cm³/mol. The molecule has 27 heavy (non-hydrogen) atoms. The minimum Gasteiger partial charge on any atom is -0.390 e. The number of benzene rings is 1. The molecule has 1 heterocycles. The molecular formula is C21H29ClN2O3. The van der Waals surface area contributed by atoms with E-state index in [0.717, 1.165) is 31.2 Å². The van der Waals surface area contributed by atoms with E-state index in [0.29, 0.717) is 43.9 Å². The Bertz CT molecular complexity index is 671. The molecule has 3 rings (SSSR count). The van der Waals surface area contributed by atoms with E-state index in [9.17, 15) is 14.7 Å². The van der Waals surface area contributed by atoms with Gasteiger partial charge in [-0.25, -0.2) is 0 Å². The Hall–Kier alpha value is -1.59. The minimum atomic E-state index is -0.600. The first-order valence-corrected chi connectivity index (χ1v) is 10.2. The van der Waals surface area contributed by atoms with Gasteiger partial charge in [0, 0.05) is 38.1 Å². The van der Waals surface area contributed by atoms with E-state index in [1.165, 1.54) is 0 Å². The Morgan fingerprint density at radius 1 is 1.30 bits per heavy atom. The van der Waals surface area contributed by atoms with Gasteiger partial charge in [0.05, 0.1) is 11.5 Å². The third kappa shape index (κ3) is 5.23. The molecule has 2 amide bonds. The first kappa shape index (κ1) is 20.2. The van der Waals surface area contributed by atoms with E-state index in [1.807, 2.05) is 24.3 Å². The van der Waals surface area contributed by atoms with E-state index in [2.05, 4.69) is 0 Å². The summed E-state index contributed by atoms with van der Waals surface area (Å²) >= 11 is 5.92. The molecule has 1 aromatic carbocycles. The number of hydrogen-bond acceptors (Lipinski definition) is 3. The van der Waals surface area contributed by atoms with Gasteiger partial charge in [0.1, 0.15) is 0 Å². The molecule has 0 radical (unpaired) electrons. The maximum Gasteiger partial charge on any atom is 0.227 e. The summed E-state index contributed by atoms with van der Waals surface area (Å²) in [5.74, 6) is 0.000319. The average Bonchev–Trinajstić information content (AvgIpc) is 3.10. The molecule has 1 aliphatic heterocycles. The zero-order valence-corrected chi connectivity index (χ0v) is 16.7. The first-order chi connectivity index (χ1) is 12.9. The standard InChI is InChI=1S/C21H29ClN2O3/c1-23(13-12-21(27)10-2-3-11-21)20(26)17-6-9-19(25)24(15-17)14-16-4-7-18(22)8-5-16/h4-5,7-8,17,27H,2-3,6,9-15H2,1H3/t17-/m1/s1. The van der Waals surface area contributed by atoms with Crippen LogP contribution in [0.1, 0.15) is 50.5 Å². The largest absolute Gasteiger partial charge is 0.390 e. The molecule has 1 aliphatic carbocycles. The Balaban J connectivity index is 1.54. The van der Waals surface area contributed by atoms with Crippen molar-refractivity contribution in [3.8, 4) is 0 Å². The van der Waals surface area contributed by atoms with Crippen molar-refractivity contribution in [1.29, 1.82) is 0 Å². The van der Waals surface area contributed by atoms with Crippen molar-refractivity contribution in [2.45, 2.75) is 57.1 Å². The Kier molecular flexibility index (Phi) is 6.43. The molecule has 6 heteroatoms. The van der Waals surface area contributed by atoms with Crippen molar-refractivity contribution in [1.82, 2.24) is 9.80 Å². The molecule has 0 bridgehead atoms. The molecular weight excluding hydrogens is 364 g/mol. The maximum atomic E-state index is 12.8. The second kappa shape index (κ2) is 8.61. The molecule has 2 aliphatic rings. The van der Waals surface area contributed by atoms with Crippen molar-refractivity contribution >= 4 is 23.4 Å². The number of rotatable bonds is 6. The summed E-state index contributed by atoms with van der Waals surface area (Å²) in [6, 6.07) is 7.45. The van der Waals surface area contributed by atoms with Crippen LogP contribution in [-0.2, 0) is 16.1 Å². The summed E-state index contributed by atoms with van der Waals surface area (Å²) in [4.78, 5) is 28.6. The molecule has 2 fully saturated rings. The smallest absolute Gasteiger partial charge is 0.227 e. The van der Waals surface area contributed by atoms with Crippen LogP contribution in [-0.4, -0.2) is 52.5 Å². The van der Waals surface area contributed by atoms with Gasteiger partial charge in [0.15, 0.2) is 0 Å². The highest BCUT2D eigenvalue weighted by Crippen LogP contribution is 2.32. The van der Waals surface area contributed by atoms with Crippen LogP contribution in [0, 0.1) is 5.92 Å². The summed E-state index contributed by atoms with van der Waals surface area (Å²) in [5.41, 5.74) is 0.412. The topological polar surface area (TPSA) is 60.9 Å². The third-order valence-electron chi connectivity index (χ3n) is 5.96. The Morgan fingerprint density at radius 3 is 2.63 bits per heavy atom. The molecule has 5 nitrogen and oxygen atoms in total. The van der Waals surface area contributed by atoms with E-state index < -0.39 is 5.60 Å². The fourth-order valence-corrected chi connectivity index (χ4v) is 4.29. The van der Waals surface area contributed by atoms with Crippen LogP contribution in [0.15, 0.2) is 24.3 Å². The lowest BCUT2D eigenvalue weighted by Crippen LogP contribution is -2.46. The van der Waals surface area contributed by atoms with Crippen molar-refractivity contribution in [3.63, 3.8) is 0 Å². The van der Waals surface area contributed by atoms with Gasteiger partial charge >= 0.3 is 0 Å². The van der Waals surface area contributed by atoms with Crippen molar-refractivity contribution in [2.75, 3.05) is 20.1 Å². The van der Waals surface area contributed by atoms with Crippen LogP contribution in [0.4, 0.5) is 0 Å². The van der Waals surface area contributed by atoms with Gasteiger partial charge < -0.3 is 14.9 Å². The van der Waals surface area contributed by atoms with Gasteiger partial charge in [0.25, 0.3) is 0 Å². The SMILES string of the molecule is CN(CCC1(O)CCCC1)C(=O)[C@@H]1CCC(=O)N(Cc2ccc(Cl)cc2)C1. The molecule has 0 unspecified atom stereocenters. The number of likely N-dealkylation sites (tertiary alicyclic amines) is 1. The van der Waals surface area contributed by atoms with E-state index in [-0.39, 0.29) is 17.7 Å². The Labute approximate surface area is 166 Å². The fourth-order valence-electron chi connectivity index (χ4n) is 4.16. The summed E-state index contributed by atoms with van der Waals surface area (Å²) < 4.78 is 0. The van der Waals surface area contributed by atoms with Crippen LogP contribution in [0.5, 0.6) is 0 Å². The molecule has 148 valence electrons. The van der Waals surface area contributed by atoms with Gasteiger partial charge in [-0.05, 0) is 43.4 Å². The third-order valence-corrected chi connectivity index (χ3v) is 6.21. The van der Waals surface area contributed by atoms with Crippen LogP contribution in [0.2, 0.25) is 5.02 Å². The number of carbonyl (C=O) groups excluding carboxylic acids is 2. The normalized spacial score (nSPS) is 22.1. The lowest BCUT2D eigenvalue weighted by atomic mass is 9.94. The molecule has 1 atom stereocenters. The highest BCUT2D eigenvalue weighted by atomic mass is 35.5. The minimum absolute atomic E-state index is 0.0743. The monoisotopic (exact) mass is 392 g/mol.